The Morgan fingerprint density at radius 2 is 1.83 bits per heavy atom. The molecule has 6 nitrogen and oxygen atoms in total. The zero-order valence-corrected chi connectivity index (χ0v) is 18.2. The smallest absolute Gasteiger partial charge is 0.266 e. The molecule has 0 radical (unpaired) electrons. The number of nitrogens with one attached hydrogen (secondary N) is 2. The molecule has 3 aromatic rings. The van der Waals surface area contributed by atoms with Crippen molar-refractivity contribution < 1.29 is 14.3 Å². The maximum atomic E-state index is 12.8. The third-order valence-electron chi connectivity index (χ3n) is 4.22. The van der Waals surface area contributed by atoms with Gasteiger partial charge >= 0.3 is 0 Å². The van der Waals surface area contributed by atoms with Crippen molar-refractivity contribution in [2.24, 2.45) is 0 Å². The van der Waals surface area contributed by atoms with Crippen LogP contribution in [0.3, 0.4) is 0 Å². The van der Waals surface area contributed by atoms with Crippen molar-refractivity contribution in [2.75, 3.05) is 17.7 Å². The number of methoxy groups -OCH3 is 1. The lowest BCUT2D eigenvalue weighted by molar-refractivity contribution is 0.102. The molecule has 9 heteroatoms. The zero-order chi connectivity index (χ0) is 21.8. The van der Waals surface area contributed by atoms with Gasteiger partial charge in [-0.1, -0.05) is 35.3 Å². The summed E-state index contributed by atoms with van der Waals surface area (Å²) in [5, 5.41) is 15.8. The number of hydrogen-bond acceptors (Lipinski definition) is 5. The maximum Gasteiger partial charge on any atom is 0.266 e. The number of benzene rings is 2. The Morgan fingerprint density at radius 1 is 1.10 bits per heavy atom. The van der Waals surface area contributed by atoms with Crippen LogP contribution in [0.25, 0.3) is 0 Å². The van der Waals surface area contributed by atoms with Gasteiger partial charge in [0, 0.05) is 5.02 Å². The Balaban J connectivity index is 1.89. The Bertz CT molecular complexity index is 1180. The molecule has 0 aliphatic heterocycles. The van der Waals surface area contributed by atoms with Crippen LogP contribution in [0.2, 0.25) is 10.0 Å². The van der Waals surface area contributed by atoms with Crippen molar-refractivity contribution in [3.8, 4) is 11.8 Å². The lowest BCUT2D eigenvalue weighted by atomic mass is 10.1. The van der Waals surface area contributed by atoms with E-state index in [1.165, 1.54) is 19.2 Å². The highest BCUT2D eigenvalue weighted by atomic mass is 35.5. The van der Waals surface area contributed by atoms with Crippen LogP contribution in [0.15, 0.2) is 42.5 Å². The summed E-state index contributed by atoms with van der Waals surface area (Å²) in [4.78, 5) is 25.7. The first kappa shape index (κ1) is 21.7. The molecule has 30 heavy (non-hydrogen) atoms. The molecule has 1 heterocycles. The van der Waals surface area contributed by atoms with Crippen LogP contribution in [0.5, 0.6) is 5.75 Å². The molecule has 0 unspecified atom stereocenters. The molecule has 0 spiro atoms. The summed E-state index contributed by atoms with van der Waals surface area (Å²) in [5.41, 5.74) is 1.38. The van der Waals surface area contributed by atoms with Crippen LogP contribution >= 0.6 is 34.5 Å². The predicted octanol–water partition coefficient (Wildman–Crippen LogP) is 5.75. The van der Waals surface area contributed by atoms with Gasteiger partial charge in [0.05, 0.1) is 33.8 Å². The highest BCUT2D eigenvalue weighted by Crippen LogP contribution is 2.34. The van der Waals surface area contributed by atoms with Crippen molar-refractivity contribution in [2.45, 2.75) is 6.92 Å². The summed E-state index contributed by atoms with van der Waals surface area (Å²) < 4.78 is 5.24. The van der Waals surface area contributed by atoms with Crippen molar-refractivity contribution in [1.29, 1.82) is 5.26 Å². The van der Waals surface area contributed by atoms with E-state index in [0.29, 0.717) is 26.9 Å². The second-order valence-electron chi connectivity index (χ2n) is 6.10. The Kier molecular flexibility index (Phi) is 6.63. The average molecular weight is 460 g/mol. The van der Waals surface area contributed by atoms with E-state index in [1.54, 1.807) is 37.3 Å². The second kappa shape index (κ2) is 9.18. The second-order valence-corrected chi connectivity index (χ2v) is 7.97. The maximum absolute atomic E-state index is 12.8. The summed E-state index contributed by atoms with van der Waals surface area (Å²) in [6.45, 7) is 1.65. The molecular weight excluding hydrogens is 445 g/mol. The van der Waals surface area contributed by atoms with Crippen LogP contribution in [-0.2, 0) is 0 Å². The lowest BCUT2D eigenvalue weighted by Crippen LogP contribution is -2.12. The predicted molar refractivity (Wildman–Crippen MR) is 119 cm³/mol. The molecule has 2 aromatic carbocycles. The zero-order valence-electron chi connectivity index (χ0n) is 15.9. The summed E-state index contributed by atoms with van der Waals surface area (Å²) >= 11 is 13.0. The Labute approximate surface area is 187 Å². The van der Waals surface area contributed by atoms with Gasteiger partial charge in [0.25, 0.3) is 11.8 Å². The molecule has 0 saturated heterocycles. The largest absolute Gasteiger partial charge is 0.495 e. The molecule has 0 aliphatic rings. The van der Waals surface area contributed by atoms with E-state index in [2.05, 4.69) is 10.6 Å². The topological polar surface area (TPSA) is 91.2 Å². The van der Waals surface area contributed by atoms with E-state index in [4.69, 9.17) is 27.9 Å². The van der Waals surface area contributed by atoms with Gasteiger partial charge in [-0.15, -0.1) is 11.3 Å². The van der Waals surface area contributed by atoms with Gasteiger partial charge in [-0.3, -0.25) is 9.59 Å². The van der Waals surface area contributed by atoms with Crippen LogP contribution in [0.4, 0.5) is 10.7 Å². The van der Waals surface area contributed by atoms with Gasteiger partial charge < -0.3 is 15.4 Å². The first-order valence-corrected chi connectivity index (χ1v) is 10.2. The van der Waals surface area contributed by atoms with Gasteiger partial charge in [-0.25, -0.2) is 0 Å². The molecule has 0 saturated carbocycles. The molecule has 2 N–H and O–H groups in total. The van der Waals surface area contributed by atoms with E-state index in [-0.39, 0.29) is 21.2 Å². The number of nitriles is 1. The summed E-state index contributed by atoms with van der Waals surface area (Å²) in [6, 6.07) is 13.5. The molecule has 0 atom stereocenters. The average Bonchev–Trinajstić information content (AvgIpc) is 3.03. The molecule has 0 aliphatic carbocycles. The van der Waals surface area contributed by atoms with E-state index in [1.807, 2.05) is 6.07 Å². The molecule has 0 bridgehead atoms. The van der Waals surface area contributed by atoms with Gasteiger partial charge in [0.2, 0.25) is 0 Å². The number of carbonyl (C=O) groups is 2. The summed E-state index contributed by atoms with van der Waals surface area (Å²) in [6.07, 6.45) is 0. The van der Waals surface area contributed by atoms with Crippen LogP contribution in [0.1, 0.15) is 31.2 Å². The molecule has 152 valence electrons. The fraction of sp³-hybridized carbons (Fsp3) is 0.0952. The Hall–Kier alpha value is -3.05. The van der Waals surface area contributed by atoms with Crippen LogP contribution in [0, 0.1) is 18.3 Å². The minimum atomic E-state index is -0.508. The number of rotatable bonds is 5. The lowest BCUT2D eigenvalue weighted by Gasteiger charge is -2.09. The van der Waals surface area contributed by atoms with Crippen molar-refractivity contribution in [3.63, 3.8) is 0 Å². The van der Waals surface area contributed by atoms with Crippen LogP contribution in [-0.4, -0.2) is 18.9 Å². The standard InChI is InChI=1S/C21H15Cl2N3O3S/c1-11-14(10-24)21(26-19(27)13-8-7-12(22)9-15(13)23)30-18(11)20(28)25-16-5-3-4-6-17(16)29-2/h3-9H,1-2H3,(H,25,28)(H,26,27). The number of carbonyl (C=O) groups excluding carboxylic acids is 2. The molecule has 1 aromatic heterocycles. The van der Waals surface area contributed by atoms with Crippen molar-refractivity contribution in [1.82, 2.24) is 0 Å². The number of halogens is 2. The van der Waals surface area contributed by atoms with Gasteiger partial charge in [-0.05, 0) is 42.8 Å². The number of ether oxygens (including phenoxy) is 1. The fourth-order valence-electron chi connectivity index (χ4n) is 2.72. The summed E-state index contributed by atoms with van der Waals surface area (Å²) in [7, 11) is 1.50. The molecule has 2 amide bonds. The normalized spacial score (nSPS) is 10.2. The number of para-hydroxylation sites is 2. The number of thiophene rings is 1. The highest BCUT2D eigenvalue weighted by molar-refractivity contribution is 7.18. The number of amides is 2. The number of nitrogens with zero attached hydrogens (tertiary/aromatic N) is 1. The van der Waals surface area contributed by atoms with Gasteiger partial charge in [0.15, 0.2) is 0 Å². The van der Waals surface area contributed by atoms with Gasteiger partial charge in [0.1, 0.15) is 16.8 Å². The van der Waals surface area contributed by atoms with E-state index < -0.39 is 11.8 Å². The first-order valence-electron chi connectivity index (χ1n) is 8.60. The van der Waals surface area contributed by atoms with Crippen molar-refractivity contribution >= 4 is 57.0 Å². The van der Waals surface area contributed by atoms with Crippen LogP contribution < -0.4 is 15.4 Å². The number of hydrogen-bond donors (Lipinski definition) is 2. The Morgan fingerprint density at radius 3 is 2.50 bits per heavy atom. The molecule has 3 rings (SSSR count). The third kappa shape index (κ3) is 4.41. The molecular formula is C21H15Cl2N3O3S. The monoisotopic (exact) mass is 459 g/mol. The minimum absolute atomic E-state index is 0.181. The van der Waals surface area contributed by atoms with Crippen molar-refractivity contribution in [3.05, 3.63) is 74.1 Å². The van der Waals surface area contributed by atoms with E-state index in [9.17, 15) is 14.9 Å². The number of anilines is 2. The third-order valence-corrected chi connectivity index (χ3v) is 5.98. The van der Waals surface area contributed by atoms with Gasteiger partial charge in [-0.2, -0.15) is 5.26 Å². The summed E-state index contributed by atoms with van der Waals surface area (Å²) in [5.74, 6) is -0.416. The first-order chi connectivity index (χ1) is 14.3. The molecule has 0 fully saturated rings. The SMILES string of the molecule is COc1ccccc1NC(=O)c1sc(NC(=O)c2ccc(Cl)cc2Cl)c(C#N)c1C. The quantitative estimate of drug-likeness (QED) is 0.507. The fourth-order valence-corrected chi connectivity index (χ4v) is 4.27. The van der Waals surface area contributed by atoms with E-state index in [0.717, 1.165) is 11.3 Å². The van der Waals surface area contributed by atoms with E-state index >= 15 is 0 Å². The minimum Gasteiger partial charge on any atom is -0.495 e. The highest BCUT2D eigenvalue weighted by Gasteiger charge is 2.23.